The number of rotatable bonds is 0. The fourth-order valence-electron chi connectivity index (χ4n) is 1.78. The molecule has 0 heterocycles. The Morgan fingerprint density at radius 2 is 1.75 bits per heavy atom. The van der Waals surface area contributed by atoms with Crippen molar-refractivity contribution >= 4 is 0 Å². The van der Waals surface area contributed by atoms with E-state index in [-0.39, 0.29) is 0 Å². The van der Waals surface area contributed by atoms with Crippen LogP contribution >= 0.6 is 0 Å². The van der Waals surface area contributed by atoms with Gasteiger partial charge < -0.3 is 0 Å². The Kier molecular flexibility index (Phi) is 2.76. The first kappa shape index (κ1) is 9.57. The van der Waals surface area contributed by atoms with Crippen LogP contribution in [0.2, 0.25) is 0 Å². The van der Waals surface area contributed by atoms with Crippen molar-refractivity contribution in [1.82, 2.24) is 0 Å². The molecule has 12 heavy (non-hydrogen) atoms. The molecule has 0 radical (unpaired) electrons. The lowest BCUT2D eigenvalue weighted by molar-refractivity contribution is 0.364. The molecule has 0 aromatic carbocycles. The molecule has 0 spiro atoms. The van der Waals surface area contributed by atoms with Crippen molar-refractivity contribution in [1.29, 1.82) is 0 Å². The van der Waals surface area contributed by atoms with Gasteiger partial charge in [-0.2, -0.15) is 0 Å². The maximum absolute atomic E-state index is 2.35. The zero-order valence-corrected chi connectivity index (χ0v) is 8.78. The number of hydrogen-bond donors (Lipinski definition) is 0. The summed E-state index contributed by atoms with van der Waals surface area (Å²) in [5.74, 6) is 0. The molecule has 0 aliphatic heterocycles. The van der Waals surface area contributed by atoms with Crippen molar-refractivity contribution in [3.63, 3.8) is 0 Å². The highest BCUT2D eigenvalue weighted by molar-refractivity contribution is 5.16. The molecule has 0 unspecified atom stereocenters. The van der Waals surface area contributed by atoms with Gasteiger partial charge in [0.05, 0.1) is 0 Å². The van der Waals surface area contributed by atoms with Crippen LogP contribution in [0.4, 0.5) is 0 Å². The highest BCUT2D eigenvalue weighted by Crippen LogP contribution is 2.32. The fraction of sp³-hybridized carbons (Fsp3) is 0.667. The van der Waals surface area contributed by atoms with Crippen molar-refractivity contribution in [2.24, 2.45) is 5.41 Å². The molecule has 1 aliphatic rings. The third kappa shape index (κ3) is 2.51. The summed E-state index contributed by atoms with van der Waals surface area (Å²) in [6.07, 6.45) is 8.26. The smallest absolute Gasteiger partial charge is 0.0139 e. The minimum absolute atomic E-state index is 0.461. The zero-order chi connectivity index (χ0) is 9.19. The minimum atomic E-state index is 0.461. The lowest BCUT2D eigenvalue weighted by Crippen LogP contribution is -2.12. The van der Waals surface area contributed by atoms with Gasteiger partial charge in [-0.25, -0.2) is 0 Å². The van der Waals surface area contributed by atoms with E-state index < -0.39 is 0 Å². The maximum atomic E-state index is 2.35. The van der Waals surface area contributed by atoms with Crippen LogP contribution in [0.5, 0.6) is 0 Å². The van der Waals surface area contributed by atoms with E-state index in [4.69, 9.17) is 0 Å². The molecule has 0 saturated carbocycles. The van der Waals surface area contributed by atoms with Crippen LogP contribution in [-0.2, 0) is 0 Å². The second-order valence-electron chi connectivity index (χ2n) is 4.78. The highest BCUT2D eigenvalue weighted by Gasteiger charge is 2.18. The summed E-state index contributed by atoms with van der Waals surface area (Å²) in [5.41, 5.74) is 3.60. The van der Waals surface area contributed by atoms with E-state index >= 15 is 0 Å². The zero-order valence-electron chi connectivity index (χ0n) is 8.78. The van der Waals surface area contributed by atoms with Crippen molar-refractivity contribution < 1.29 is 0 Å². The summed E-state index contributed by atoms with van der Waals surface area (Å²) in [7, 11) is 0. The third-order valence-electron chi connectivity index (χ3n) is 2.73. The van der Waals surface area contributed by atoms with Gasteiger partial charge in [-0.1, -0.05) is 37.1 Å². The van der Waals surface area contributed by atoms with Gasteiger partial charge in [0.2, 0.25) is 0 Å². The van der Waals surface area contributed by atoms with Gasteiger partial charge in [0.1, 0.15) is 0 Å². The normalized spacial score (nSPS) is 32.3. The van der Waals surface area contributed by atoms with Crippen LogP contribution in [0, 0.1) is 5.41 Å². The van der Waals surface area contributed by atoms with Crippen LogP contribution < -0.4 is 0 Å². The average Bonchev–Trinajstić information content (AvgIpc) is 1.95. The monoisotopic (exact) mass is 164 g/mol. The Morgan fingerprint density at radius 1 is 1.08 bits per heavy atom. The predicted molar refractivity (Wildman–Crippen MR) is 55.1 cm³/mol. The van der Waals surface area contributed by atoms with E-state index in [0.717, 1.165) is 6.42 Å². The standard InChI is InChI=1S/C12H20/c1-10-7-5-6-8-12(3,4)9-11(10)2/h5-6H,7-9H2,1-4H3/b6-5+,11-10-. The Balaban J connectivity index is 2.82. The number of hydrogen-bond acceptors (Lipinski definition) is 0. The average molecular weight is 164 g/mol. The second-order valence-corrected chi connectivity index (χ2v) is 4.78. The molecule has 0 fully saturated rings. The van der Waals surface area contributed by atoms with Gasteiger partial charge in [-0.05, 0) is 38.5 Å². The van der Waals surface area contributed by atoms with Gasteiger partial charge in [0.25, 0.3) is 0 Å². The highest BCUT2D eigenvalue weighted by atomic mass is 14.2. The molecule has 1 rings (SSSR count). The van der Waals surface area contributed by atoms with Crippen LogP contribution in [0.1, 0.15) is 47.0 Å². The van der Waals surface area contributed by atoms with Gasteiger partial charge in [-0.3, -0.25) is 0 Å². The molecular weight excluding hydrogens is 144 g/mol. The van der Waals surface area contributed by atoms with Crippen LogP contribution in [-0.4, -0.2) is 0 Å². The largest absolute Gasteiger partial charge is 0.0877 e. The van der Waals surface area contributed by atoms with E-state index in [0.29, 0.717) is 5.41 Å². The molecule has 0 N–H and O–H groups in total. The molecule has 0 aromatic rings. The second kappa shape index (κ2) is 3.47. The Labute approximate surface area is 76.4 Å². The van der Waals surface area contributed by atoms with Crippen LogP contribution in [0.15, 0.2) is 23.3 Å². The van der Waals surface area contributed by atoms with E-state index in [9.17, 15) is 0 Å². The first-order valence-electron chi connectivity index (χ1n) is 4.81. The minimum Gasteiger partial charge on any atom is -0.0877 e. The molecule has 0 nitrogen and oxygen atoms in total. The molecule has 0 atom stereocenters. The van der Waals surface area contributed by atoms with Crippen molar-refractivity contribution in [2.75, 3.05) is 0 Å². The predicted octanol–water partition coefficient (Wildman–Crippen LogP) is 4.09. The third-order valence-corrected chi connectivity index (χ3v) is 2.73. The van der Waals surface area contributed by atoms with Gasteiger partial charge in [-0.15, -0.1) is 0 Å². The molecule has 68 valence electrons. The quantitative estimate of drug-likeness (QED) is 0.473. The molecular formula is C12H20. The summed E-state index contributed by atoms with van der Waals surface area (Å²) in [4.78, 5) is 0. The van der Waals surface area contributed by atoms with E-state index in [1.54, 1.807) is 11.1 Å². The van der Waals surface area contributed by atoms with Crippen LogP contribution in [0.25, 0.3) is 0 Å². The summed E-state index contributed by atoms with van der Waals surface area (Å²) in [5, 5.41) is 0. The lowest BCUT2D eigenvalue weighted by Gasteiger charge is -2.25. The summed E-state index contributed by atoms with van der Waals surface area (Å²) >= 11 is 0. The topological polar surface area (TPSA) is 0 Å². The first-order chi connectivity index (χ1) is 5.51. The number of allylic oxidation sites excluding steroid dienone is 4. The Morgan fingerprint density at radius 3 is 2.42 bits per heavy atom. The Hall–Kier alpha value is -0.520. The Bertz CT molecular complexity index is 216. The van der Waals surface area contributed by atoms with E-state index in [2.05, 4.69) is 39.8 Å². The molecule has 0 heteroatoms. The molecule has 0 bridgehead atoms. The summed E-state index contributed by atoms with van der Waals surface area (Å²) < 4.78 is 0. The van der Waals surface area contributed by atoms with Crippen molar-refractivity contribution in [2.45, 2.75) is 47.0 Å². The molecule has 1 aliphatic carbocycles. The summed E-state index contributed by atoms with van der Waals surface area (Å²) in [6, 6.07) is 0. The van der Waals surface area contributed by atoms with Crippen molar-refractivity contribution in [3.05, 3.63) is 23.3 Å². The van der Waals surface area contributed by atoms with Gasteiger partial charge in [0.15, 0.2) is 0 Å². The van der Waals surface area contributed by atoms with Crippen molar-refractivity contribution in [3.8, 4) is 0 Å². The fourth-order valence-corrected chi connectivity index (χ4v) is 1.78. The maximum Gasteiger partial charge on any atom is -0.0139 e. The molecule has 0 saturated heterocycles. The SMILES string of the molecule is C/C1=C(\C)CC(C)(C)C/C=C/C1. The van der Waals surface area contributed by atoms with Gasteiger partial charge >= 0.3 is 0 Å². The summed E-state index contributed by atoms with van der Waals surface area (Å²) in [6.45, 7) is 9.22. The first-order valence-corrected chi connectivity index (χ1v) is 4.81. The molecule has 0 amide bonds. The molecule has 0 aromatic heterocycles. The van der Waals surface area contributed by atoms with E-state index in [1.165, 1.54) is 12.8 Å². The van der Waals surface area contributed by atoms with Crippen LogP contribution in [0.3, 0.4) is 0 Å². The lowest BCUT2D eigenvalue weighted by atomic mass is 9.80. The van der Waals surface area contributed by atoms with E-state index in [1.807, 2.05) is 0 Å². The van der Waals surface area contributed by atoms with Gasteiger partial charge in [0, 0.05) is 0 Å².